The maximum Gasteiger partial charge on any atom is 0.321 e. The fraction of sp³-hybridized carbons (Fsp3) is 0.387. The third kappa shape index (κ3) is 8.09. The van der Waals surface area contributed by atoms with E-state index in [1.807, 2.05) is 35.2 Å². The number of benzene rings is 3. The number of hydrogen-bond acceptors (Lipinski definition) is 3. The van der Waals surface area contributed by atoms with Gasteiger partial charge >= 0.3 is 6.03 Å². The summed E-state index contributed by atoms with van der Waals surface area (Å²) in [4.78, 5) is 17.0. The van der Waals surface area contributed by atoms with Gasteiger partial charge in [0.25, 0.3) is 0 Å². The average Bonchev–Trinajstić information content (AvgIpc) is 2.94. The second kappa shape index (κ2) is 14.7. The van der Waals surface area contributed by atoms with Crippen molar-refractivity contribution < 1.29 is 18.3 Å². The summed E-state index contributed by atoms with van der Waals surface area (Å²) in [6, 6.07) is 17.6. The third-order valence-electron chi connectivity index (χ3n) is 7.66. The molecule has 0 saturated carbocycles. The Morgan fingerprint density at radius 1 is 0.850 bits per heavy atom. The fourth-order valence-electron chi connectivity index (χ4n) is 5.46. The number of anilines is 1. The Balaban J connectivity index is 0.00000220. The van der Waals surface area contributed by atoms with Gasteiger partial charge in [0.05, 0.1) is 0 Å². The number of ether oxygens (including phenoxy) is 1. The van der Waals surface area contributed by atoms with E-state index in [-0.39, 0.29) is 36.6 Å². The van der Waals surface area contributed by atoms with Gasteiger partial charge in [-0.2, -0.15) is 0 Å². The lowest BCUT2D eigenvalue weighted by Gasteiger charge is -2.33. The van der Waals surface area contributed by atoms with E-state index in [1.54, 1.807) is 0 Å². The van der Waals surface area contributed by atoms with Crippen LogP contribution < -0.4 is 10.1 Å². The molecule has 0 aliphatic carbocycles. The molecule has 0 radical (unpaired) electrons. The first kappa shape index (κ1) is 31.7. The van der Waals surface area contributed by atoms with E-state index < -0.39 is 11.6 Å². The third-order valence-corrected chi connectivity index (χ3v) is 7.66. The summed E-state index contributed by atoms with van der Waals surface area (Å²) in [5.41, 5.74) is 4.67. The van der Waals surface area contributed by atoms with Crippen LogP contribution in [0.15, 0.2) is 60.7 Å². The molecule has 3 aromatic carbocycles. The molecular formula is C31H37Cl2F2N3O2. The molecule has 0 aromatic heterocycles. The number of aryl methyl sites for hydroxylation is 1. The van der Waals surface area contributed by atoms with Gasteiger partial charge in [-0.15, -0.1) is 24.8 Å². The van der Waals surface area contributed by atoms with Crippen molar-refractivity contribution in [1.29, 1.82) is 0 Å². The Labute approximate surface area is 247 Å². The molecule has 2 aliphatic heterocycles. The quantitative estimate of drug-likeness (QED) is 0.313. The molecule has 2 aliphatic rings. The molecule has 5 rings (SSSR count). The second-order valence-electron chi connectivity index (χ2n) is 10.4. The van der Waals surface area contributed by atoms with Crippen LogP contribution >= 0.6 is 24.8 Å². The Bertz CT molecular complexity index is 1260. The Morgan fingerprint density at radius 3 is 2.20 bits per heavy atom. The molecule has 0 spiro atoms. The number of likely N-dealkylation sites (tertiary alicyclic amines) is 2. The van der Waals surface area contributed by atoms with Crippen molar-refractivity contribution in [1.82, 2.24) is 9.80 Å². The topological polar surface area (TPSA) is 44.8 Å². The molecule has 9 heteroatoms. The first-order valence-corrected chi connectivity index (χ1v) is 13.6. The van der Waals surface area contributed by atoms with Gasteiger partial charge in [-0.05, 0) is 111 Å². The van der Waals surface area contributed by atoms with Crippen molar-refractivity contribution in [2.45, 2.75) is 51.5 Å². The smallest absolute Gasteiger partial charge is 0.321 e. The van der Waals surface area contributed by atoms with Crippen LogP contribution in [0.1, 0.15) is 54.7 Å². The number of carbonyl (C=O) groups is 1. The van der Waals surface area contributed by atoms with Crippen LogP contribution in [0.5, 0.6) is 11.5 Å². The monoisotopic (exact) mass is 591 g/mol. The van der Waals surface area contributed by atoms with Crippen LogP contribution in [-0.4, -0.2) is 42.0 Å². The number of rotatable bonds is 6. The molecule has 3 aromatic rings. The molecule has 2 heterocycles. The van der Waals surface area contributed by atoms with Crippen molar-refractivity contribution in [2.24, 2.45) is 0 Å². The Morgan fingerprint density at radius 2 is 1.52 bits per heavy atom. The van der Waals surface area contributed by atoms with Crippen LogP contribution in [0.2, 0.25) is 0 Å². The van der Waals surface area contributed by atoms with Crippen LogP contribution in [0.3, 0.4) is 0 Å². The molecule has 216 valence electrons. The van der Waals surface area contributed by atoms with Gasteiger partial charge in [-0.25, -0.2) is 13.6 Å². The fourth-order valence-corrected chi connectivity index (χ4v) is 5.46. The van der Waals surface area contributed by atoms with Crippen LogP contribution in [0, 0.1) is 18.6 Å². The summed E-state index contributed by atoms with van der Waals surface area (Å²) >= 11 is 0. The Kier molecular flexibility index (Phi) is 11.6. The first-order valence-electron chi connectivity index (χ1n) is 13.6. The van der Waals surface area contributed by atoms with Gasteiger partial charge in [0.1, 0.15) is 11.5 Å². The van der Waals surface area contributed by atoms with E-state index in [1.165, 1.54) is 29.2 Å². The summed E-state index contributed by atoms with van der Waals surface area (Å²) < 4.78 is 32.2. The lowest BCUT2D eigenvalue weighted by molar-refractivity contribution is 0.200. The molecule has 0 atom stereocenters. The van der Waals surface area contributed by atoms with Crippen LogP contribution in [0.25, 0.3) is 0 Å². The highest BCUT2D eigenvalue weighted by molar-refractivity contribution is 5.89. The summed E-state index contributed by atoms with van der Waals surface area (Å²) in [5.74, 6) is -0.485. The van der Waals surface area contributed by atoms with E-state index in [4.69, 9.17) is 4.74 Å². The largest absolute Gasteiger partial charge is 0.457 e. The van der Waals surface area contributed by atoms with Gasteiger partial charge in [-0.1, -0.05) is 18.2 Å². The van der Waals surface area contributed by atoms with Gasteiger partial charge < -0.3 is 15.0 Å². The summed E-state index contributed by atoms with van der Waals surface area (Å²) in [7, 11) is 0. The molecule has 5 nitrogen and oxygen atoms in total. The second-order valence-corrected chi connectivity index (χ2v) is 10.4. The van der Waals surface area contributed by atoms with Crippen LogP contribution in [0.4, 0.5) is 19.3 Å². The van der Waals surface area contributed by atoms with Gasteiger partial charge in [0.2, 0.25) is 0 Å². The number of urea groups is 1. The van der Waals surface area contributed by atoms with Crippen molar-refractivity contribution in [3.63, 3.8) is 0 Å². The van der Waals surface area contributed by atoms with E-state index in [9.17, 15) is 13.6 Å². The highest BCUT2D eigenvalue weighted by Gasteiger charge is 2.23. The molecule has 0 bridgehead atoms. The number of halogens is 4. The standard InChI is InChI=1S/C31H35F2N3O2.2ClH/c1-22-5-8-25(34-31(37)36-15-3-2-4-16-36)19-28(22)24-13-17-35(18-14-24)21-23-6-9-26(10-7-23)38-27-11-12-29(32)30(33)20-27;;/h5-12,19-20,24H,2-4,13-18,21H2,1H3,(H,34,37);2*1H. The number of hydrogen-bond donors (Lipinski definition) is 1. The van der Waals surface area contributed by atoms with Crippen molar-refractivity contribution >= 4 is 36.5 Å². The maximum atomic E-state index is 13.4. The SMILES string of the molecule is Cc1ccc(NC(=O)N2CCCCC2)cc1C1CCN(Cc2ccc(Oc3ccc(F)c(F)c3)cc2)CC1.Cl.Cl. The minimum atomic E-state index is -0.924. The van der Waals surface area contributed by atoms with Gasteiger partial charge in [-0.3, -0.25) is 4.90 Å². The van der Waals surface area contributed by atoms with E-state index in [0.717, 1.165) is 76.2 Å². The molecule has 2 amide bonds. The number of nitrogens with zero attached hydrogens (tertiary/aromatic N) is 2. The Hall–Kier alpha value is -2.87. The predicted octanol–water partition coefficient (Wildman–Crippen LogP) is 8.31. The van der Waals surface area contributed by atoms with Crippen molar-refractivity contribution in [2.75, 3.05) is 31.5 Å². The minimum Gasteiger partial charge on any atom is -0.457 e. The van der Waals surface area contributed by atoms with E-state index in [2.05, 4.69) is 29.3 Å². The zero-order valence-electron chi connectivity index (χ0n) is 22.7. The maximum absolute atomic E-state index is 13.4. The van der Waals surface area contributed by atoms with Gasteiger partial charge in [0.15, 0.2) is 11.6 Å². The van der Waals surface area contributed by atoms with E-state index in [0.29, 0.717) is 11.7 Å². The zero-order valence-corrected chi connectivity index (χ0v) is 24.3. The van der Waals surface area contributed by atoms with Crippen molar-refractivity contribution in [3.8, 4) is 11.5 Å². The van der Waals surface area contributed by atoms with Crippen molar-refractivity contribution in [3.05, 3.63) is 89.0 Å². The predicted molar refractivity (Wildman–Crippen MR) is 160 cm³/mol. The zero-order chi connectivity index (χ0) is 26.5. The molecule has 2 saturated heterocycles. The summed E-state index contributed by atoms with van der Waals surface area (Å²) in [6.45, 7) is 6.69. The van der Waals surface area contributed by atoms with Crippen LogP contribution in [-0.2, 0) is 6.54 Å². The molecule has 1 N–H and O–H groups in total. The number of piperidine rings is 2. The summed E-state index contributed by atoms with van der Waals surface area (Å²) in [6.07, 6.45) is 5.51. The minimum absolute atomic E-state index is 0. The lowest BCUT2D eigenvalue weighted by Crippen LogP contribution is -2.38. The molecule has 0 unspecified atom stereocenters. The molecule has 2 fully saturated rings. The molecular weight excluding hydrogens is 555 g/mol. The summed E-state index contributed by atoms with van der Waals surface area (Å²) in [5, 5.41) is 3.12. The number of carbonyl (C=O) groups excluding carboxylic acids is 1. The highest BCUT2D eigenvalue weighted by atomic mass is 35.5. The normalized spacial score (nSPS) is 16.0. The number of amides is 2. The lowest BCUT2D eigenvalue weighted by atomic mass is 9.86. The average molecular weight is 593 g/mol. The molecule has 40 heavy (non-hydrogen) atoms. The first-order chi connectivity index (χ1) is 18.4. The number of nitrogens with one attached hydrogen (secondary N) is 1. The highest BCUT2D eigenvalue weighted by Crippen LogP contribution is 2.33. The van der Waals surface area contributed by atoms with E-state index >= 15 is 0 Å². The van der Waals surface area contributed by atoms with Gasteiger partial charge in [0, 0.05) is 31.4 Å².